The lowest BCUT2D eigenvalue weighted by Crippen LogP contribution is -2.14. The summed E-state index contributed by atoms with van der Waals surface area (Å²) in [6.07, 6.45) is 3.87. The normalized spacial score (nSPS) is 10.3. The van der Waals surface area contributed by atoms with Crippen molar-refractivity contribution in [2.45, 2.75) is 0 Å². The van der Waals surface area contributed by atoms with Gasteiger partial charge in [0, 0.05) is 23.8 Å². The summed E-state index contributed by atoms with van der Waals surface area (Å²) in [5.74, 6) is -0.330. The van der Waals surface area contributed by atoms with Crippen LogP contribution in [0, 0.1) is 0 Å². The van der Waals surface area contributed by atoms with Crippen molar-refractivity contribution in [3.8, 4) is 5.69 Å². The van der Waals surface area contributed by atoms with Crippen LogP contribution in [0.5, 0.6) is 0 Å². The van der Waals surface area contributed by atoms with Gasteiger partial charge in [0.2, 0.25) is 0 Å². The Balaban J connectivity index is 1.80. The van der Waals surface area contributed by atoms with E-state index in [2.05, 4.69) is 15.5 Å². The summed E-state index contributed by atoms with van der Waals surface area (Å²) in [6, 6.07) is 14.5. The first-order valence-electron chi connectivity index (χ1n) is 6.26. The zero-order valence-corrected chi connectivity index (χ0v) is 11.7. The quantitative estimate of drug-likeness (QED) is 0.808. The Labute approximate surface area is 126 Å². The highest BCUT2D eigenvalue weighted by molar-refractivity contribution is 6.29. The number of hydrogen-bond acceptors (Lipinski definition) is 3. The third-order valence-corrected chi connectivity index (χ3v) is 3.07. The molecule has 1 amide bonds. The van der Waals surface area contributed by atoms with Gasteiger partial charge in [0.25, 0.3) is 5.91 Å². The molecule has 0 fully saturated rings. The fraction of sp³-hybridized carbons (Fsp3) is 0. The predicted molar refractivity (Wildman–Crippen MR) is 80.8 cm³/mol. The molecule has 5 nitrogen and oxygen atoms in total. The second-order valence-electron chi connectivity index (χ2n) is 4.34. The smallest absolute Gasteiger partial charge is 0.276 e. The maximum atomic E-state index is 12.1. The van der Waals surface area contributed by atoms with Crippen molar-refractivity contribution in [3.63, 3.8) is 0 Å². The van der Waals surface area contributed by atoms with Crippen molar-refractivity contribution in [1.29, 1.82) is 0 Å². The number of halogens is 1. The highest BCUT2D eigenvalue weighted by Crippen LogP contribution is 2.15. The van der Waals surface area contributed by atoms with Crippen LogP contribution in [0.2, 0.25) is 5.15 Å². The third-order valence-electron chi connectivity index (χ3n) is 2.87. The van der Waals surface area contributed by atoms with Gasteiger partial charge in [0.15, 0.2) is 10.8 Å². The molecule has 0 aliphatic heterocycles. The Morgan fingerprint density at radius 3 is 2.57 bits per heavy atom. The molecule has 0 radical (unpaired) electrons. The number of hydrogen-bond donors (Lipinski definition) is 1. The Hall–Kier alpha value is -2.66. The van der Waals surface area contributed by atoms with E-state index < -0.39 is 0 Å². The molecule has 0 aliphatic rings. The van der Waals surface area contributed by atoms with Crippen molar-refractivity contribution in [3.05, 3.63) is 71.8 Å². The molecule has 3 rings (SSSR count). The van der Waals surface area contributed by atoms with Crippen molar-refractivity contribution in [2.24, 2.45) is 0 Å². The van der Waals surface area contributed by atoms with E-state index in [-0.39, 0.29) is 16.8 Å². The minimum Gasteiger partial charge on any atom is -0.324 e. The Morgan fingerprint density at radius 2 is 1.86 bits per heavy atom. The Kier molecular flexibility index (Phi) is 3.66. The Bertz CT molecular complexity index is 754. The summed E-state index contributed by atoms with van der Waals surface area (Å²) in [7, 11) is 0. The van der Waals surface area contributed by atoms with Crippen LogP contribution >= 0.6 is 11.6 Å². The molecule has 1 aromatic carbocycles. The highest BCUT2D eigenvalue weighted by atomic mass is 35.5. The van der Waals surface area contributed by atoms with Crippen LogP contribution in [-0.2, 0) is 0 Å². The first-order valence-corrected chi connectivity index (χ1v) is 6.64. The number of aromatic nitrogens is 3. The minimum absolute atomic E-state index is 0.214. The number of carbonyl (C=O) groups is 1. The number of amides is 1. The van der Waals surface area contributed by atoms with Crippen LogP contribution in [-0.4, -0.2) is 20.7 Å². The number of rotatable bonds is 3. The van der Waals surface area contributed by atoms with Gasteiger partial charge in [-0.2, -0.15) is 0 Å². The van der Waals surface area contributed by atoms with E-state index in [1.165, 1.54) is 12.1 Å². The second-order valence-corrected chi connectivity index (χ2v) is 4.72. The SMILES string of the molecule is O=C(Nc1cccc(-n2cccc2)c1)c1ccc(Cl)nn1. The molecule has 0 atom stereocenters. The molecule has 2 aromatic heterocycles. The van der Waals surface area contributed by atoms with Gasteiger partial charge in [-0.05, 0) is 42.5 Å². The lowest BCUT2D eigenvalue weighted by molar-refractivity contribution is 0.102. The van der Waals surface area contributed by atoms with Crippen molar-refractivity contribution < 1.29 is 4.79 Å². The zero-order chi connectivity index (χ0) is 14.7. The molecule has 104 valence electrons. The maximum Gasteiger partial charge on any atom is 0.276 e. The van der Waals surface area contributed by atoms with Crippen LogP contribution in [0.15, 0.2) is 60.9 Å². The first kappa shape index (κ1) is 13.3. The molecule has 0 spiro atoms. The van der Waals surface area contributed by atoms with E-state index >= 15 is 0 Å². The highest BCUT2D eigenvalue weighted by Gasteiger charge is 2.08. The van der Waals surface area contributed by atoms with Crippen LogP contribution in [0.25, 0.3) is 5.69 Å². The topological polar surface area (TPSA) is 59.8 Å². The van der Waals surface area contributed by atoms with E-state index in [1.807, 2.05) is 53.4 Å². The minimum atomic E-state index is -0.330. The van der Waals surface area contributed by atoms with Crippen LogP contribution in [0.4, 0.5) is 5.69 Å². The number of nitrogens with one attached hydrogen (secondary N) is 1. The lowest BCUT2D eigenvalue weighted by Gasteiger charge is -2.07. The molecule has 0 unspecified atom stereocenters. The zero-order valence-electron chi connectivity index (χ0n) is 10.9. The van der Waals surface area contributed by atoms with Crippen molar-refractivity contribution in [1.82, 2.24) is 14.8 Å². The van der Waals surface area contributed by atoms with E-state index in [0.29, 0.717) is 5.69 Å². The molecule has 0 bridgehead atoms. The summed E-state index contributed by atoms with van der Waals surface area (Å²) >= 11 is 5.65. The number of anilines is 1. The van der Waals surface area contributed by atoms with Gasteiger partial charge in [0.1, 0.15) is 0 Å². The Morgan fingerprint density at radius 1 is 1.05 bits per heavy atom. The summed E-state index contributed by atoms with van der Waals surface area (Å²) in [6.45, 7) is 0. The number of carbonyl (C=O) groups excluding carboxylic acids is 1. The van der Waals surface area contributed by atoms with Crippen LogP contribution in [0.1, 0.15) is 10.5 Å². The van der Waals surface area contributed by atoms with E-state index in [9.17, 15) is 4.79 Å². The summed E-state index contributed by atoms with van der Waals surface area (Å²) in [5, 5.41) is 10.4. The molecule has 3 aromatic rings. The molecule has 2 heterocycles. The average molecular weight is 299 g/mol. The van der Waals surface area contributed by atoms with Gasteiger partial charge >= 0.3 is 0 Å². The summed E-state index contributed by atoms with van der Waals surface area (Å²) in [4.78, 5) is 12.1. The summed E-state index contributed by atoms with van der Waals surface area (Å²) < 4.78 is 1.96. The van der Waals surface area contributed by atoms with Gasteiger partial charge in [-0.15, -0.1) is 10.2 Å². The van der Waals surface area contributed by atoms with Gasteiger partial charge in [-0.1, -0.05) is 17.7 Å². The summed E-state index contributed by atoms with van der Waals surface area (Å²) in [5.41, 5.74) is 1.86. The predicted octanol–water partition coefficient (Wildman–Crippen LogP) is 3.17. The molecule has 0 saturated carbocycles. The van der Waals surface area contributed by atoms with E-state index in [1.54, 1.807) is 0 Å². The van der Waals surface area contributed by atoms with E-state index in [4.69, 9.17) is 11.6 Å². The van der Waals surface area contributed by atoms with Crippen molar-refractivity contribution in [2.75, 3.05) is 5.32 Å². The van der Waals surface area contributed by atoms with Crippen LogP contribution < -0.4 is 5.32 Å². The molecule has 6 heteroatoms. The molecular formula is C15H11ClN4O. The van der Waals surface area contributed by atoms with Gasteiger partial charge in [0.05, 0.1) is 0 Å². The third kappa shape index (κ3) is 3.09. The number of nitrogens with zero attached hydrogens (tertiary/aromatic N) is 3. The fourth-order valence-electron chi connectivity index (χ4n) is 1.88. The molecule has 1 N–H and O–H groups in total. The molecular weight excluding hydrogens is 288 g/mol. The van der Waals surface area contributed by atoms with E-state index in [0.717, 1.165) is 5.69 Å². The van der Waals surface area contributed by atoms with Gasteiger partial charge < -0.3 is 9.88 Å². The fourth-order valence-corrected chi connectivity index (χ4v) is 1.98. The lowest BCUT2D eigenvalue weighted by atomic mass is 10.2. The molecule has 21 heavy (non-hydrogen) atoms. The van der Waals surface area contributed by atoms with Gasteiger partial charge in [-0.25, -0.2) is 0 Å². The largest absolute Gasteiger partial charge is 0.324 e. The number of benzene rings is 1. The van der Waals surface area contributed by atoms with Crippen LogP contribution in [0.3, 0.4) is 0 Å². The average Bonchev–Trinajstić information content (AvgIpc) is 3.02. The second kappa shape index (κ2) is 5.76. The monoisotopic (exact) mass is 298 g/mol. The van der Waals surface area contributed by atoms with Crippen molar-refractivity contribution >= 4 is 23.2 Å². The molecule has 0 aliphatic carbocycles. The first-order chi connectivity index (χ1) is 10.2. The van der Waals surface area contributed by atoms with Gasteiger partial charge in [-0.3, -0.25) is 4.79 Å². The standard InChI is InChI=1S/C15H11ClN4O/c16-14-7-6-13(18-19-14)15(21)17-11-4-3-5-12(10-11)20-8-1-2-9-20/h1-10H,(H,17,21). The molecule has 0 saturated heterocycles. The maximum absolute atomic E-state index is 12.1.